The van der Waals surface area contributed by atoms with E-state index in [1.807, 2.05) is 0 Å². The number of rotatable bonds is 5. The molecule has 0 heterocycles. The van der Waals surface area contributed by atoms with Crippen LogP contribution < -0.4 is 5.73 Å². The van der Waals surface area contributed by atoms with Gasteiger partial charge in [-0.25, -0.2) is 0 Å². The molecule has 0 aliphatic carbocycles. The Morgan fingerprint density at radius 3 is 2.25 bits per heavy atom. The van der Waals surface area contributed by atoms with Gasteiger partial charge in [0.05, 0.1) is 5.84 Å². The van der Waals surface area contributed by atoms with Crippen LogP contribution >= 0.6 is 0 Å². The first kappa shape index (κ1) is 11.4. The van der Waals surface area contributed by atoms with Crippen molar-refractivity contribution in [2.45, 2.75) is 33.2 Å². The van der Waals surface area contributed by atoms with Crippen LogP contribution in [0.5, 0.6) is 0 Å². The van der Waals surface area contributed by atoms with Gasteiger partial charge in [-0.05, 0) is 19.9 Å². The van der Waals surface area contributed by atoms with Crippen molar-refractivity contribution in [1.82, 2.24) is 4.90 Å². The molecule has 0 saturated carbocycles. The second kappa shape index (κ2) is 5.14. The molecule has 0 rings (SSSR count). The van der Waals surface area contributed by atoms with Gasteiger partial charge >= 0.3 is 0 Å². The average Bonchev–Trinajstić information content (AvgIpc) is 1.84. The van der Waals surface area contributed by atoms with Gasteiger partial charge in [0.15, 0.2) is 0 Å². The minimum absolute atomic E-state index is 0.276. The summed E-state index contributed by atoms with van der Waals surface area (Å²) in [4.78, 5) is 2.24. The summed E-state index contributed by atoms with van der Waals surface area (Å²) in [6.45, 7) is 7.55. The highest BCUT2D eigenvalue weighted by atomic mass is 15.1. The maximum absolute atomic E-state index is 7.15. The van der Waals surface area contributed by atoms with Gasteiger partial charge in [-0.1, -0.05) is 13.8 Å². The molecule has 0 aromatic carbocycles. The molecule has 0 radical (unpaired) electrons. The predicted molar refractivity (Wildman–Crippen MR) is 53.5 cm³/mol. The van der Waals surface area contributed by atoms with Crippen molar-refractivity contribution in [2.75, 3.05) is 13.6 Å². The number of nitrogens with one attached hydrogen (secondary N) is 1. The van der Waals surface area contributed by atoms with E-state index in [1.54, 1.807) is 0 Å². The zero-order chi connectivity index (χ0) is 9.72. The highest BCUT2D eigenvalue weighted by Crippen LogP contribution is 2.04. The van der Waals surface area contributed by atoms with Crippen molar-refractivity contribution in [3.63, 3.8) is 0 Å². The first-order valence-electron chi connectivity index (χ1n) is 4.46. The van der Waals surface area contributed by atoms with E-state index in [0.717, 1.165) is 6.54 Å². The molecule has 0 aromatic heterocycles. The zero-order valence-electron chi connectivity index (χ0n) is 8.59. The largest absolute Gasteiger partial charge is 0.388 e. The third kappa shape index (κ3) is 5.13. The van der Waals surface area contributed by atoms with Gasteiger partial charge in [0, 0.05) is 19.0 Å². The van der Waals surface area contributed by atoms with Crippen molar-refractivity contribution in [3.05, 3.63) is 0 Å². The van der Waals surface area contributed by atoms with Gasteiger partial charge in [0.25, 0.3) is 0 Å². The number of hydrogen-bond acceptors (Lipinski definition) is 2. The predicted octanol–water partition coefficient (Wildman–Crippen LogP) is 1.29. The van der Waals surface area contributed by atoms with Crippen molar-refractivity contribution in [1.29, 1.82) is 5.41 Å². The van der Waals surface area contributed by atoms with Gasteiger partial charge in [-0.15, -0.1) is 0 Å². The maximum Gasteiger partial charge on any atom is 0.0920 e. The fourth-order valence-electron chi connectivity index (χ4n) is 1.23. The van der Waals surface area contributed by atoms with Gasteiger partial charge in [-0.2, -0.15) is 0 Å². The molecule has 0 saturated heterocycles. The van der Waals surface area contributed by atoms with Gasteiger partial charge < -0.3 is 10.6 Å². The molecular weight excluding hydrogens is 150 g/mol. The Labute approximate surface area is 75.4 Å². The fourth-order valence-corrected chi connectivity index (χ4v) is 1.23. The molecule has 0 amide bonds. The standard InChI is InChI=1S/C9H21N3/c1-7(2)6-12(4)8(3)5-9(10)11/h7-8H,5-6H2,1-4H3,(H3,10,11). The Morgan fingerprint density at radius 2 is 1.92 bits per heavy atom. The van der Waals surface area contributed by atoms with E-state index >= 15 is 0 Å². The molecule has 0 bridgehead atoms. The van der Waals surface area contributed by atoms with Crippen LogP contribution in [-0.4, -0.2) is 30.4 Å². The normalized spacial score (nSPS) is 13.8. The maximum atomic E-state index is 7.15. The monoisotopic (exact) mass is 171 g/mol. The van der Waals surface area contributed by atoms with Crippen LogP contribution in [0.3, 0.4) is 0 Å². The highest BCUT2D eigenvalue weighted by molar-refractivity contribution is 5.77. The summed E-state index contributed by atoms with van der Waals surface area (Å²) < 4.78 is 0. The van der Waals surface area contributed by atoms with Crippen LogP contribution in [-0.2, 0) is 0 Å². The molecule has 0 fully saturated rings. The lowest BCUT2D eigenvalue weighted by Crippen LogP contribution is -2.35. The van der Waals surface area contributed by atoms with E-state index in [9.17, 15) is 0 Å². The van der Waals surface area contributed by atoms with E-state index in [1.165, 1.54) is 0 Å². The fraction of sp³-hybridized carbons (Fsp3) is 0.889. The van der Waals surface area contributed by atoms with Crippen LogP contribution in [0.4, 0.5) is 0 Å². The van der Waals surface area contributed by atoms with Crippen LogP contribution in [0.1, 0.15) is 27.2 Å². The molecule has 0 aliphatic rings. The van der Waals surface area contributed by atoms with E-state index in [-0.39, 0.29) is 5.84 Å². The van der Waals surface area contributed by atoms with Crippen molar-refractivity contribution in [2.24, 2.45) is 11.7 Å². The molecule has 3 N–H and O–H groups in total. The Hall–Kier alpha value is -0.570. The average molecular weight is 171 g/mol. The Kier molecular flexibility index (Phi) is 4.90. The minimum atomic E-state index is 0.276. The molecule has 3 nitrogen and oxygen atoms in total. The van der Waals surface area contributed by atoms with E-state index in [0.29, 0.717) is 18.4 Å². The highest BCUT2D eigenvalue weighted by Gasteiger charge is 2.10. The molecule has 0 aliphatic heterocycles. The molecule has 1 atom stereocenters. The second-order valence-corrected chi connectivity index (χ2v) is 3.91. The summed E-state index contributed by atoms with van der Waals surface area (Å²) in [6.07, 6.45) is 0.670. The van der Waals surface area contributed by atoms with Crippen molar-refractivity contribution < 1.29 is 0 Å². The molecule has 0 spiro atoms. The third-order valence-corrected chi connectivity index (χ3v) is 1.92. The van der Waals surface area contributed by atoms with Crippen molar-refractivity contribution in [3.8, 4) is 0 Å². The second-order valence-electron chi connectivity index (χ2n) is 3.91. The summed E-state index contributed by atoms with van der Waals surface area (Å²) in [6, 6.07) is 0.380. The Bertz CT molecular complexity index is 143. The number of amidine groups is 1. The summed E-state index contributed by atoms with van der Waals surface area (Å²) >= 11 is 0. The van der Waals surface area contributed by atoms with Crippen LogP contribution in [0, 0.1) is 11.3 Å². The molecular formula is C9H21N3. The number of hydrogen-bond donors (Lipinski definition) is 2. The first-order valence-corrected chi connectivity index (χ1v) is 4.46. The topological polar surface area (TPSA) is 53.1 Å². The number of nitrogens with zero attached hydrogens (tertiary/aromatic N) is 1. The van der Waals surface area contributed by atoms with Crippen LogP contribution in [0.15, 0.2) is 0 Å². The van der Waals surface area contributed by atoms with E-state index < -0.39 is 0 Å². The Morgan fingerprint density at radius 1 is 1.42 bits per heavy atom. The smallest absolute Gasteiger partial charge is 0.0920 e. The lowest BCUT2D eigenvalue weighted by Gasteiger charge is -2.25. The lowest BCUT2D eigenvalue weighted by molar-refractivity contribution is 0.235. The quantitative estimate of drug-likeness (QED) is 0.484. The van der Waals surface area contributed by atoms with Crippen LogP contribution in [0.2, 0.25) is 0 Å². The SMILES string of the molecule is CC(C)CN(C)C(C)CC(=N)N. The summed E-state index contributed by atoms with van der Waals surface area (Å²) in [5.41, 5.74) is 5.32. The molecule has 3 heteroatoms. The third-order valence-electron chi connectivity index (χ3n) is 1.92. The van der Waals surface area contributed by atoms with Gasteiger partial charge in [0.1, 0.15) is 0 Å². The summed E-state index contributed by atoms with van der Waals surface area (Å²) in [5.74, 6) is 0.947. The summed E-state index contributed by atoms with van der Waals surface area (Å²) in [5, 5.41) is 7.15. The van der Waals surface area contributed by atoms with Gasteiger partial charge in [0.2, 0.25) is 0 Å². The summed E-state index contributed by atoms with van der Waals surface area (Å²) in [7, 11) is 2.08. The molecule has 0 aromatic rings. The Balaban J connectivity index is 3.76. The molecule has 12 heavy (non-hydrogen) atoms. The first-order chi connectivity index (χ1) is 5.43. The van der Waals surface area contributed by atoms with E-state index in [4.69, 9.17) is 11.1 Å². The minimum Gasteiger partial charge on any atom is -0.388 e. The zero-order valence-corrected chi connectivity index (χ0v) is 8.59. The van der Waals surface area contributed by atoms with Gasteiger partial charge in [-0.3, -0.25) is 5.41 Å². The molecule has 72 valence electrons. The van der Waals surface area contributed by atoms with E-state index in [2.05, 4.69) is 32.7 Å². The molecule has 1 unspecified atom stereocenters. The number of nitrogens with two attached hydrogens (primary N) is 1. The van der Waals surface area contributed by atoms with Crippen LogP contribution in [0.25, 0.3) is 0 Å². The van der Waals surface area contributed by atoms with Crippen molar-refractivity contribution >= 4 is 5.84 Å². The lowest BCUT2D eigenvalue weighted by atomic mass is 10.1.